The van der Waals surface area contributed by atoms with Crippen LogP contribution in [0.5, 0.6) is 0 Å². The van der Waals surface area contributed by atoms with E-state index in [1.54, 1.807) is 23.5 Å². The van der Waals surface area contributed by atoms with Gasteiger partial charge in [-0.3, -0.25) is 9.59 Å². The van der Waals surface area contributed by atoms with Gasteiger partial charge in [0.25, 0.3) is 5.91 Å². The smallest absolute Gasteiger partial charge is 0.268 e. The van der Waals surface area contributed by atoms with Gasteiger partial charge >= 0.3 is 0 Å². The Balaban J connectivity index is 2.06. The average molecular weight is 277 g/mol. The maximum atomic E-state index is 11.9. The number of hydrogen-bond acceptors (Lipinski definition) is 4. The molecule has 5 nitrogen and oxygen atoms in total. The van der Waals surface area contributed by atoms with Crippen molar-refractivity contribution in [3.8, 4) is 0 Å². The first kappa shape index (κ1) is 13.5. The maximum Gasteiger partial charge on any atom is 0.268 e. The second kappa shape index (κ2) is 5.79. The number of aromatic amines is 1. The van der Waals surface area contributed by atoms with Gasteiger partial charge < -0.3 is 10.3 Å². The van der Waals surface area contributed by atoms with Crippen molar-refractivity contribution >= 4 is 17.2 Å². The van der Waals surface area contributed by atoms with Crippen LogP contribution in [0.2, 0.25) is 0 Å². The highest BCUT2D eigenvalue weighted by Gasteiger charge is 2.10. The Morgan fingerprint density at radius 3 is 2.95 bits per heavy atom. The second-order valence-electron chi connectivity index (χ2n) is 4.07. The molecule has 2 heterocycles. The number of nitrogens with one attached hydrogen (secondary N) is 2. The molecule has 0 aliphatic heterocycles. The molecule has 19 heavy (non-hydrogen) atoms. The lowest BCUT2D eigenvalue weighted by atomic mass is 10.3. The molecule has 0 atom stereocenters. The number of carbonyl (C=O) groups is 1. The molecule has 0 radical (unpaired) electrons. The minimum atomic E-state index is -0.286. The van der Waals surface area contributed by atoms with Crippen molar-refractivity contribution in [2.45, 2.75) is 26.8 Å². The third-order valence-electron chi connectivity index (χ3n) is 2.64. The summed E-state index contributed by atoms with van der Waals surface area (Å²) in [6.45, 7) is 4.42. The quantitative estimate of drug-likeness (QED) is 0.892. The molecule has 2 N–H and O–H groups in total. The topological polar surface area (TPSA) is 74.8 Å². The molecule has 1 amide bonds. The Hall–Kier alpha value is -1.95. The van der Waals surface area contributed by atoms with Crippen LogP contribution in [0.25, 0.3) is 0 Å². The fraction of sp³-hybridized carbons (Fsp3) is 0.308. The summed E-state index contributed by atoms with van der Waals surface area (Å²) in [5.74, 6) is -0.286. The van der Waals surface area contributed by atoms with Gasteiger partial charge in [0.15, 0.2) is 0 Å². The molecule has 0 saturated carbocycles. The summed E-state index contributed by atoms with van der Waals surface area (Å²) >= 11 is 1.58. The number of H-pyrrole nitrogens is 1. The molecule has 0 saturated heterocycles. The highest BCUT2D eigenvalue weighted by atomic mass is 32.1. The molecule has 0 unspecified atom stereocenters. The van der Waals surface area contributed by atoms with E-state index in [2.05, 4.69) is 15.3 Å². The van der Waals surface area contributed by atoms with Gasteiger partial charge in [-0.1, -0.05) is 13.0 Å². The highest BCUT2D eigenvalue weighted by Crippen LogP contribution is 2.18. The van der Waals surface area contributed by atoms with Crippen molar-refractivity contribution in [1.82, 2.24) is 15.3 Å². The molecule has 6 heteroatoms. The minimum absolute atomic E-state index is 0.270. The predicted molar refractivity (Wildman–Crippen MR) is 74.5 cm³/mol. The van der Waals surface area contributed by atoms with Crippen molar-refractivity contribution < 1.29 is 4.79 Å². The summed E-state index contributed by atoms with van der Waals surface area (Å²) in [7, 11) is 0. The number of rotatable bonds is 4. The Kier molecular flexibility index (Phi) is 4.11. The first-order valence-corrected chi connectivity index (χ1v) is 6.84. The van der Waals surface area contributed by atoms with Crippen molar-refractivity contribution in [2.24, 2.45) is 0 Å². The van der Waals surface area contributed by atoms with Gasteiger partial charge in [0.05, 0.1) is 17.2 Å². The predicted octanol–water partition coefficient (Wildman–Crippen LogP) is 1.63. The van der Waals surface area contributed by atoms with E-state index in [1.807, 2.05) is 13.8 Å². The molecule has 2 aromatic heterocycles. The van der Waals surface area contributed by atoms with Crippen molar-refractivity contribution in [3.05, 3.63) is 49.8 Å². The van der Waals surface area contributed by atoms with E-state index >= 15 is 0 Å². The molecule has 0 aromatic carbocycles. The largest absolute Gasteiger partial charge is 0.346 e. The SMILES string of the molecule is CCc1nc(C)sc1CNC(=O)c1cccc(=O)[nH]1. The van der Waals surface area contributed by atoms with E-state index < -0.39 is 0 Å². The summed E-state index contributed by atoms with van der Waals surface area (Å²) in [5.41, 5.74) is 1.01. The summed E-state index contributed by atoms with van der Waals surface area (Å²) in [4.78, 5) is 31.0. The minimum Gasteiger partial charge on any atom is -0.346 e. The van der Waals surface area contributed by atoms with Gasteiger partial charge in [0.1, 0.15) is 5.69 Å². The summed E-state index contributed by atoms with van der Waals surface area (Å²) in [6, 6.07) is 4.51. The Morgan fingerprint density at radius 2 is 2.26 bits per heavy atom. The number of thiazole rings is 1. The van der Waals surface area contributed by atoms with Crippen molar-refractivity contribution in [3.63, 3.8) is 0 Å². The van der Waals surface area contributed by atoms with Crippen LogP contribution in [0.1, 0.15) is 33.0 Å². The number of amides is 1. The first-order chi connectivity index (χ1) is 9.10. The second-order valence-corrected chi connectivity index (χ2v) is 5.36. The standard InChI is InChI=1S/C13H15N3O2S/c1-3-9-11(19-8(2)15-9)7-14-13(18)10-5-4-6-12(17)16-10/h4-6H,3,7H2,1-2H3,(H,14,18)(H,16,17). The molecule has 0 aliphatic rings. The lowest BCUT2D eigenvalue weighted by Gasteiger charge is -2.04. The third kappa shape index (κ3) is 3.29. The molecule has 0 fully saturated rings. The lowest BCUT2D eigenvalue weighted by Crippen LogP contribution is -2.25. The van der Waals surface area contributed by atoms with Gasteiger partial charge in [0.2, 0.25) is 5.56 Å². The molecule has 0 spiro atoms. The summed E-state index contributed by atoms with van der Waals surface area (Å²) < 4.78 is 0. The Bertz CT molecular complexity index is 645. The van der Waals surface area contributed by atoms with Gasteiger partial charge in [-0.05, 0) is 19.4 Å². The third-order valence-corrected chi connectivity index (χ3v) is 3.66. The van der Waals surface area contributed by atoms with E-state index in [9.17, 15) is 9.59 Å². The molecule has 2 rings (SSSR count). The van der Waals surface area contributed by atoms with Gasteiger partial charge in [-0.15, -0.1) is 11.3 Å². The van der Waals surface area contributed by atoms with E-state index in [-0.39, 0.29) is 17.2 Å². The normalized spacial score (nSPS) is 10.4. The average Bonchev–Trinajstić information content (AvgIpc) is 2.76. The van der Waals surface area contributed by atoms with Crippen LogP contribution in [-0.4, -0.2) is 15.9 Å². The summed E-state index contributed by atoms with van der Waals surface area (Å²) in [5, 5.41) is 3.79. The zero-order valence-electron chi connectivity index (χ0n) is 10.8. The molecule has 0 aliphatic carbocycles. The Morgan fingerprint density at radius 1 is 1.47 bits per heavy atom. The van der Waals surface area contributed by atoms with E-state index in [1.165, 1.54) is 6.07 Å². The first-order valence-electron chi connectivity index (χ1n) is 6.03. The lowest BCUT2D eigenvalue weighted by molar-refractivity contribution is 0.0946. The van der Waals surface area contributed by atoms with Crippen LogP contribution in [0.3, 0.4) is 0 Å². The highest BCUT2D eigenvalue weighted by molar-refractivity contribution is 7.11. The van der Waals surface area contributed by atoms with E-state index in [4.69, 9.17) is 0 Å². The fourth-order valence-electron chi connectivity index (χ4n) is 1.76. The number of hydrogen-bond donors (Lipinski definition) is 2. The van der Waals surface area contributed by atoms with Crippen molar-refractivity contribution in [1.29, 1.82) is 0 Å². The van der Waals surface area contributed by atoms with Gasteiger partial charge in [-0.2, -0.15) is 0 Å². The number of nitrogens with zero attached hydrogens (tertiary/aromatic N) is 1. The molecule has 100 valence electrons. The molecule has 2 aromatic rings. The van der Waals surface area contributed by atoms with E-state index in [0.717, 1.165) is 22.0 Å². The van der Waals surface area contributed by atoms with Crippen LogP contribution < -0.4 is 10.9 Å². The number of pyridine rings is 1. The van der Waals surface area contributed by atoms with Crippen LogP contribution in [0.4, 0.5) is 0 Å². The summed E-state index contributed by atoms with van der Waals surface area (Å²) in [6.07, 6.45) is 0.845. The van der Waals surface area contributed by atoms with Gasteiger partial charge in [0, 0.05) is 10.9 Å². The number of aryl methyl sites for hydroxylation is 2. The number of carbonyl (C=O) groups excluding carboxylic acids is 1. The zero-order valence-corrected chi connectivity index (χ0v) is 11.6. The zero-order chi connectivity index (χ0) is 13.8. The van der Waals surface area contributed by atoms with Crippen LogP contribution in [-0.2, 0) is 13.0 Å². The molecular weight excluding hydrogens is 262 g/mol. The fourth-order valence-corrected chi connectivity index (χ4v) is 2.73. The van der Waals surface area contributed by atoms with Crippen molar-refractivity contribution in [2.75, 3.05) is 0 Å². The van der Waals surface area contributed by atoms with Gasteiger partial charge in [-0.25, -0.2) is 4.98 Å². The molecular formula is C13H15N3O2S. The van der Waals surface area contributed by atoms with Crippen LogP contribution >= 0.6 is 11.3 Å². The monoisotopic (exact) mass is 277 g/mol. The molecule has 0 bridgehead atoms. The van der Waals surface area contributed by atoms with Crippen LogP contribution in [0.15, 0.2) is 23.0 Å². The van der Waals surface area contributed by atoms with Crippen LogP contribution in [0, 0.1) is 6.92 Å². The van der Waals surface area contributed by atoms with E-state index in [0.29, 0.717) is 6.54 Å². The number of aromatic nitrogens is 2. The Labute approximate surface area is 114 Å². The maximum absolute atomic E-state index is 11.9.